The number of carboxylic acid groups (broad SMARTS) is 1. The van der Waals surface area contributed by atoms with Crippen LogP contribution >= 0.6 is 0 Å². The number of methoxy groups -OCH3 is 1. The molecule has 0 aromatic heterocycles. The van der Waals surface area contributed by atoms with E-state index in [9.17, 15) is 9.90 Å². The van der Waals surface area contributed by atoms with Crippen molar-refractivity contribution in [2.75, 3.05) is 7.11 Å². The Hall–Kier alpha value is -2.49. The molecule has 0 bridgehead atoms. The Bertz CT molecular complexity index is 604. The van der Waals surface area contributed by atoms with Gasteiger partial charge in [-0.2, -0.15) is 0 Å². The van der Waals surface area contributed by atoms with Crippen molar-refractivity contribution in [3.8, 4) is 11.5 Å². The van der Waals surface area contributed by atoms with Gasteiger partial charge < -0.3 is 14.6 Å². The van der Waals surface area contributed by atoms with E-state index < -0.39 is 12.1 Å². The van der Waals surface area contributed by atoms with Gasteiger partial charge in [0.1, 0.15) is 11.5 Å². The summed E-state index contributed by atoms with van der Waals surface area (Å²) in [5, 5.41) is 9.34. The molecule has 0 aliphatic rings. The molecule has 4 nitrogen and oxygen atoms in total. The van der Waals surface area contributed by atoms with Crippen LogP contribution in [0.2, 0.25) is 0 Å². The minimum atomic E-state index is -0.978. The minimum absolute atomic E-state index is 0.327. The third kappa shape index (κ3) is 3.99. The van der Waals surface area contributed by atoms with Crippen LogP contribution in [0.5, 0.6) is 11.5 Å². The Morgan fingerprint density at radius 3 is 2.29 bits per heavy atom. The first-order valence-electron chi connectivity index (χ1n) is 6.68. The molecule has 1 atom stereocenters. The highest BCUT2D eigenvalue weighted by Gasteiger charge is 2.20. The van der Waals surface area contributed by atoms with E-state index in [0.29, 0.717) is 17.9 Å². The van der Waals surface area contributed by atoms with Gasteiger partial charge in [0.15, 0.2) is 6.10 Å². The van der Waals surface area contributed by atoms with E-state index >= 15 is 0 Å². The number of benzene rings is 2. The van der Waals surface area contributed by atoms with E-state index in [1.807, 2.05) is 31.2 Å². The number of rotatable bonds is 6. The van der Waals surface area contributed by atoms with Gasteiger partial charge in [-0.1, -0.05) is 24.3 Å². The lowest BCUT2D eigenvalue weighted by molar-refractivity contribution is -0.145. The lowest BCUT2D eigenvalue weighted by atomic mass is 10.0. The van der Waals surface area contributed by atoms with Crippen LogP contribution in [0, 0.1) is 6.92 Å². The molecule has 0 aliphatic heterocycles. The molecule has 0 unspecified atom stereocenters. The van der Waals surface area contributed by atoms with Crippen molar-refractivity contribution >= 4 is 5.97 Å². The van der Waals surface area contributed by atoms with E-state index in [1.54, 1.807) is 31.4 Å². The van der Waals surface area contributed by atoms with Crippen molar-refractivity contribution < 1.29 is 19.4 Å². The first-order chi connectivity index (χ1) is 10.1. The molecule has 2 aromatic rings. The molecule has 1 N–H and O–H groups in total. The largest absolute Gasteiger partial charge is 0.497 e. The van der Waals surface area contributed by atoms with Gasteiger partial charge in [0.25, 0.3) is 0 Å². The van der Waals surface area contributed by atoms with Crippen LogP contribution in [-0.2, 0) is 11.2 Å². The molecule has 0 saturated carbocycles. The summed E-state index contributed by atoms with van der Waals surface area (Å²) in [5.74, 6) is 0.235. The van der Waals surface area contributed by atoms with Crippen LogP contribution in [0.4, 0.5) is 0 Å². The van der Waals surface area contributed by atoms with Crippen LogP contribution in [0.15, 0.2) is 48.5 Å². The fourth-order valence-electron chi connectivity index (χ4n) is 2.04. The normalized spacial score (nSPS) is 11.7. The number of hydrogen-bond donors (Lipinski definition) is 1. The van der Waals surface area contributed by atoms with Crippen LogP contribution in [0.1, 0.15) is 11.1 Å². The maximum absolute atomic E-state index is 11.4. The first kappa shape index (κ1) is 14.9. The van der Waals surface area contributed by atoms with Gasteiger partial charge in [-0.25, -0.2) is 4.79 Å². The van der Waals surface area contributed by atoms with E-state index in [4.69, 9.17) is 9.47 Å². The van der Waals surface area contributed by atoms with E-state index in [1.165, 1.54) is 0 Å². The molecule has 0 saturated heterocycles. The molecule has 0 radical (unpaired) electrons. The zero-order chi connectivity index (χ0) is 15.2. The Morgan fingerprint density at radius 1 is 1.10 bits per heavy atom. The monoisotopic (exact) mass is 286 g/mol. The number of carboxylic acids is 1. The van der Waals surface area contributed by atoms with E-state index in [2.05, 4.69) is 0 Å². The first-order valence-corrected chi connectivity index (χ1v) is 6.68. The third-order valence-corrected chi connectivity index (χ3v) is 3.28. The van der Waals surface area contributed by atoms with Crippen LogP contribution < -0.4 is 9.47 Å². The summed E-state index contributed by atoms with van der Waals surface area (Å²) in [4.78, 5) is 11.4. The van der Waals surface area contributed by atoms with Crippen LogP contribution in [0.25, 0.3) is 0 Å². The smallest absolute Gasteiger partial charge is 0.345 e. The number of hydrogen-bond acceptors (Lipinski definition) is 3. The molecule has 2 rings (SSSR count). The Kier molecular flexibility index (Phi) is 4.82. The summed E-state index contributed by atoms with van der Waals surface area (Å²) in [7, 11) is 1.58. The zero-order valence-electron chi connectivity index (χ0n) is 12.1. The average Bonchev–Trinajstić information content (AvgIpc) is 2.49. The predicted octanol–water partition coefficient (Wildman–Crippen LogP) is 3.08. The van der Waals surface area contributed by atoms with Gasteiger partial charge in [-0.15, -0.1) is 0 Å². The molecule has 2 aromatic carbocycles. The van der Waals surface area contributed by atoms with Gasteiger partial charge in [0.2, 0.25) is 0 Å². The number of aliphatic carboxylic acids is 1. The maximum atomic E-state index is 11.4. The van der Waals surface area contributed by atoms with Gasteiger partial charge in [0.05, 0.1) is 7.11 Å². The second-order valence-electron chi connectivity index (χ2n) is 4.75. The van der Waals surface area contributed by atoms with Crippen molar-refractivity contribution in [3.63, 3.8) is 0 Å². The molecule has 0 fully saturated rings. The summed E-state index contributed by atoms with van der Waals surface area (Å²) in [6.07, 6.45) is -0.590. The van der Waals surface area contributed by atoms with E-state index in [-0.39, 0.29) is 0 Å². The highest BCUT2D eigenvalue weighted by atomic mass is 16.5. The fourth-order valence-corrected chi connectivity index (χ4v) is 2.04. The number of carbonyl (C=O) groups is 1. The van der Waals surface area contributed by atoms with Crippen LogP contribution in [0.3, 0.4) is 0 Å². The predicted molar refractivity (Wildman–Crippen MR) is 79.9 cm³/mol. The van der Waals surface area contributed by atoms with Crippen molar-refractivity contribution in [1.29, 1.82) is 0 Å². The maximum Gasteiger partial charge on any atom is 0.345 e. The molecular weight excluding hydrogens is 268 g/mol. The standard InChI is InChI=1S/C17H18O4/c1-12-5-3-4-6-13(12)11-16(17(18)19)21-15-9-7-14(20-2)8-10-15/h3-10,16H,11H2,1-2H3,(H,18,19)/t16-/m0/s1. The summed E-state index contributed by atoms with van der Waals surface area (Å²) >= 11 is 0. The molecule has 0 amide bonds. The molecule has 110 valence electrons. The molecule has 0 spiro atoms. The highest BCUT2D eigenvalue weighted by Crippen LogP contribution is 2.20. The number of aryl methyl sites for hydroxylation is 1. The molecular formula is C17H18O4. The topological polar surface area (TPSA) is 55.8 Å². The van der Waals surface area contributed by atoms with E-state index in [0.717, 1.165) is 11.1 Å². The molecule has 21 heavy (non-hydrogen) atoms. The lowest BCUT2D eigenvalue weighted by Gasteiger charge is -2.16. The van der Waals surface area contributed by atoms with Crippen molar-refractivity contribution in [1.82, 2.24) is 0 Å². The van der Waals surface area contributed by atoms with Crippen LogP contribution in [-0.4, -0.2) is 24.3 Å². The Labute approximate surface area is 123 Å². The Balaban J connectivity index is 2.12. The highest BCUT2D eigenvalue weighted by molar-refractivity contribution is 5.73. The van der Waals surface area contributed by atoms with Crippen molar-refractivity contribution in [2.45, 2.75) is 19.4 Å². The van der Waals surface area contributed by atoms with Gasteiger partial charge in [-0.05, 0) is 42.3 Å². The van der Waals surface area contributed by atoms with Gasteiger partial charge in [0, 0.05) is 6.42 Å². The quantitative estimate of drug-likeness (QED) is 0.886. The summed E-state index contributed by atoms with van der Waals surface area (Å²) in [5.41, 5.74) is 2.03. The molecule has 4 heteroatoms. The number of ether oxygens (including phenoxy) is 2. The van der Waals surface area contributed by atoms with Crippen molar-refractivity contribution in [2.24, 2.45) is 0 Å². The second kappa shape index (κ2) is 6.79. The summed E-state index contributed by atoms with van der Waals surface area (Å²) in [6.45, 7) is 1.96. The third-order valence-electron chi connectivity index (χ3n) is 3.28. The molecule has 0 aliphatic carbocycles. The second-order valence-corrected chi connectivity index (χ2v) is 4.75. The average molecular weight is 286 g/mol. The molecule has 0 heterocycles. The van der Waals surface area contributed by atoms with Gasteiger partial charge in [-0.3, -0.25) is 0 Å². The summed E-state index contributed by atoms with van der Waals surface area (Å²) in [6, 6.07) is 14.6. The van der Waals surface area contributed by atoms with Crippen molar-refractivity contribution in [3.05, 3.63) is 59.7 Å². The summed E-state index contributed by atoms with van der Waals surface area (Å²) < 4.78 is 10.6. The lowest BCUT2D eigenvalue weighted by Crippen LogP contribution is -2.29. The minimum Gasteiger partial charge on any atom is -0.497 e. The SMILES string of the molecule is COc1ccc(O[C@@H](Cc2ccccc2C)C(=O)O)cc1. The van der Waals surface area contributed by atoms with Gasteiger partial charge >= 0.3 is 5.97 Å². The fraction of sp³-hybridized carbons (Fsp3) is 0.235. The zero-order valence-corrected chi connectivity index (χ0v) is 12.1. The Morgan fingerprint density at radius 2 is 1.71 bits per heavy atom.